The highest BCUT2D eigenvalue weighted by Gasteiger charge is 2.28. The summed E-state index contributed by atoms with van der Waals surface area (Å²) >= 11 is 0. The Morgan fingerprint density at radius 2 is 2.20 bits per heavy atom. The van der Waals surface area contributed by atoms with Crippen molar-refractivity contribution in [2.75, 3.05) is 19.6 Å². The van der Waals surface area contributed by atoms with Gasteiger partial charge in [0, 0.05) is 36.9 Å². The number of fused-ring (bicyclic) bond motifs is 1. The molecule has 1 saturated heterocycles. The molecule has 2 aromatic rings. The largest absolute Gasteiger partial charge is 0.358 e. The molecular formula is C16H21N3O. The highest BCUT2D eigenvalue weighted by Crippen LogP contribution is 2.23. The van der Waals surface area contributed by atoms with Gasteiger partial charge in [0.15, 0.2) is 0 Å². The number of hydrogen-bond acceptors (Lipinski definition) is 2. The number of aromatic amines is 1. The molecule has 2 N–H and O–H groups in total. The summed E-state index contributed by atoms with van der Waals surface area (Å²) in [6.07, 6.45) is 0. The Bertz CT molecular complexity index is 586. The first-order valence-corrected chi connectivity index (χ1v) is 7.25. The maximum Gasteiger partial charge on any atom is 0.231 e. The fraction of sp³-hybridized carbons (Fsp3) is 0.438. The third-order valence-corrected chi connectivity index (χ3v) is 4.17. The highest BCUT2D eigenvalue weighted by molar-refractivity contribution is 5.87. The average Bonchev–Trinajstić information content (AvgIpc) is 2.90. The van der Waals surface area contributed by atoms with E-state index >= 15 is 0 Å². The summed E-state index contributed by atoms with van der Waals surface area (Å²) < 4.78 is 0. The van der Waals surface area contributed by atoms with Crippen molar-refractivity contribution < 1.29 is 4.79 Å². The van der Waals surface area contributed by atoms with Crippen LogP contribution in [-0.2, 0) is 4.79 Å². The SMILES string of the molecule is CC(C(=O)N1CCNCC1C)c1cc2ccccc2[nH]1. The zero-order chi connectivity index (χ0) is 14.1. The predicted octanol–water partition coefficient (Wildman–Crippen LogP) is 2.09. The number of amides is 1. The Hall–Kier alpha value is -1.81. The minimum absolute atomic E-state index is 0.122. The van der Waals surface area contributed by atoms with E-state index in [1.54, 1.807) is 0 Å². The van der Waals surface area contributed by atoms with Gasteiger partial charge in [0.05, 0.1) is 5.92 Å². The van der Waals surface area contributed by atoms with Crippen molar-refractivity contribution in [3.8, 4) is 0 Å². The van der Waals surface area contributed by atoms with Crippen LogP contribution in [0.1, 0.15) is 25.5 Å². The lowest BCUT2D eigenvalue weighted by atomic mass is 10.0. The molecule has 0 radical (unpaired) electrons. The minimum atomic E-state index is -0.122. The van der Waals surface area contributed by atoms with Gasteiger partial charge >= 0.3 is 0 Å². The van der Waals surface area contributed by atoms with Crippen LogP contribution in [0.15, 0.2) is 30.3 Å². The zero-order valence-electron chi connectivity index (χ0n) is 12.0. The Morgan fingerprint density at radius 1 is 1.40 bits per heavy atom. The van der Waals surface area contributed by atoms with Gasteiger partial charge in [-0.1, -0.05) is 18.2 Å². The van der Waals surface area contributed by atoms with E-state index in [1.807, 2.05) is 30.0 Å². The van der Waals surface area contributed by atoms with Gasteiger partial charge in [-0.25, -0.2) is 0 Å². The topological polar surface area (TPSA) is 48.1 Å². The number of nitrogens with one attached hydrogen (secondary N) is 2. The van der Waals surface area contributed by atoms with Gasteiger partial charge < -0.3 is 15.2 Å². The van der Waals surface area contributed by atoms with Crippen molar-refractivity contribution in [3.63, 3.8) is 0 Å². The molecule has 106 valence electrons. The molecule has 2 unspecified atom stereocenters. The summed E-state index contributed by atoms with van der Waals surface area (Å²) in [6.45, 7) is 6.65. The Labute approximate surface area is 119 Å². The van der Waals surface area contributed by atoms with Crippen LogP contribution in [0.25, 0.3) is 10.9 Å². The summed E-state index contributed by atoms with van der Waals surface area (Å²) in [5.41, 5.74) is 2.09. The fourth-order valence-corrected chi connectivity index (χ4v) is 2.88. The Balaban J connectivity index is 1.83. The summed E-state index contributed by atoms with van der Waals surface area (Å²) in [5.74, 6) is 0.0912. The van der Waals surface area contributed by atoms with Gasteiger partial charge in [0.2, 0.25) is 5.91 Å². The molecule has 0 spiro atoms. The fourth-order valence-electron chi connectivity index (χ4n) is 2.88. The summed E-state index contributed by atoms with van der Waals surface area (Å²) in [4.78, 5) is 18.0. The number of hydrogen-bond donors (Lipinski definition) is 2. The molecule has 1 amide bonds. The molecule has 4 nitrogen and oxygen atoms in total. The first-order valence-electron chi connectivity index (χ1n) is 7.25. The molecule has 1 aromatic heterocycles. The van der Waals surface area contributed by atoms with E-state index in [1.165, 1.54) is 0 Å². The number of aromatic nitrogens is 1. The number of piperazine rings is 1. The van der Waals surface area contributed by atoms with Crippen molar-refractivity contribution in [1.82, 2.24) is 15.2 Å². The normalized spacial score (nSPS) is 21.1. The lowest BCUT2D eigenvalue weighted by Gasteiger charge is -2.35. The second kappa shape index (κ2) is 5.29. The number of H-pyrrole nitrogens is 1. The zero-order valence-corrected chi connectivity index (χ0v) is 12.0. The molecule has 1 aromatic carbocycles. The van der Waals surface area contributed by atoms with E-state index in [4.69, 9.17) is 0 Å². The smallest absolute Gasteiger partial charge is 0.231 e. The average molecular weight is 271 g/mol. The van der Waals surface area contributed by atoms with Crippen LogP contribution < -0.4 is 5.32 Å². The van der Waals surface area contributed by atoms with E-state index in [9.17, 15) is 4.79 Å². The molecule has 4 heteroatoms. The maximum atomic E-state index is 12.7. The predicted molar refractivity (Wildman–Crippen MR) is 80.8 cm³/mol. The van der Waals surface area contributed by atoms with Crippen LogP contribution in [0.4, 0.5) is 0 Å². The number of nitrogens with zero attached hydrogens (tertiary/aromatic N) is 1. The number of para-hydroxylation sites is 1. The molecule has 0 bridgehead atoms. The first kappa shape index (κ1) is 13.2. The van der Waals surface area contributed by atoms with Crippen LogP contribution in [0.3, 0.4) is 0 Å². The number of benzene rings is 1. The van der Waals surface area contributed by atoms with Gasteiger partial charge in [-0.05, 0) is 31.4 Å². The van der Waals surface area contributed by atoms with E-state index < -0.39 is 0 Å². The molecule has 1 aliphatic rings. The van der Waals surface area contributed by atoms with Crippen LogP contribution in [0.2, 0.25) is 0 Å². The van der Waals surface area contributed by atoms with E-state index in [0.29, 0.717) is 0 Å². The van der Waals surface area contributed by atoms with Gasteiger partial charge in [0.1, 0.15) is 0 Å². The standard InChI is InChI=1S/C16H21N3O/c1-11-10-17-7-8-19(11)16(20)12(2)15-9-13-5-3-4-6-14(13)18-15/h3-6,9,11-12,17-18H,7-8,10H2,1-2H3. The van der Waals surface area contributed by atoms with Crippen LogP contribution in [0.5, 0.6) is 0 Å². The lowest BCUT2D eigenvalue weighted by molar-refractivity contribution is -0.135. The quantitative estimate of drug-likeness (QED) is 0.878. The van der Waals surface area contributed by atoms with Gasteiger partial charge in [-0.2, -0.15) is 0 Å². The Morgan fingerprint density at radius 3 is 2.95 bits per heavy atom. The first-order chi connectivity index (χ1) is 9.66. The second-order valence-electron chi connectivity index (χ2n) is 5.62. The molecule has 1 aliphatic heterocycles. The minimum Gasteiger partial charge on any atom is -0.358 e. The van der Waals surface area contributed by atoms with Crippen molar-refractivity contribution >= 4 is 16.8 Å². The van der Waals surface area contributed by atoms with Crippen molar-refractivity contribution in [2.45, 2.75) is 25.8 Å². The highest BCUT2D eigenvalue weighted by atomic mass is 16.2. The summed E-state index contributed by atoms with van der Waals surface area (Å²) in [5, 5.41) is 4.48. The molecule has 0 aliphatic carbocycles. The van der Waals surface area contributed by atoms with Crippen LogP contribution in [-0.4, -0.2) is 41.5 Å². The number of carbonyl (C=O) groups is 1. The second-order valence-corrected chi connectivity index (χ2v) is 5.62. The molecule has 3 rings (SSSR count). The molecule has 2 atom stereocenters. The van der Waals surface area contributed by atoms with Crippen molar-refractivity contribution in [3.05, 3.63) is 36.0 Å². The van der Waals surface area contributed by atoms with Gasteiger partial charge in [-0.3, -0.25) is 4.79 Å². The molecule has 2 heterocycles. The number of rotatable bonds is 2. The van der Waals surface area contributed by atoms with Crippen LogP contribution in [0, 0.1) is 0 Å². The van der Waals surface area contributed by atoms with E-state index in [2.05, 4.69) is 29.4 Å². The summed E-state index contributed by atoms with van der Waals surface area (Å²) in [6, 6.07) is 10.5. The molecule has 1 fully saturated rings. The van der Waals surface area contributed by atoms with Gasteiger partial charge in [0.25, 0.3) is 0 Å². The van der Waals surface area contributed by atoms with Crippen molar-refractivity contribution in [2.24, 2.45) is 0 Å². The third-order valence-electron chi connectivity index (χ3n) is 4.17. The summed E-state index contributed by atoms with van der Waals surface area (Å²) in [7, 11) is 0. The van der Waals surface area contributed by atoms with E-state index in [0.717, 1.165) is 36.2 Å². The Kier molecular flexibility index (Phi) is 3.49. The van der Waals surface area contributed by atoms with Gasteiger partial charge in [-0.15, -0.1) is 0 Å². The monoisotopic (exact) mass is 271 g/mol. The van der Waals surface area contributed by atoms with Crippen molar-refractivity contribution in [1.29, 1.82) is 0 Å². The third kappa shape index (κ3) is 2.31. The van der Waals surface area contributed by atoms with Crippen LogP contribution >= 0.6 is 0 Å². The molecule has 0 saturated carbocycles. The molecular weight excluding hydrogens is 250 g/mol. The lowest BCUT2D eigenvalue weighted by Crippen LogP contribution is -2.53. The molecule has 20 heavy (non-hydrogen) atoms. The van der Waals surface area contributed by atoms with E-state index in [-0.39, 0.29) is 17.9 Å². The number of carbonyl (C=O) groups excluding carboxylic acids is 1. The maximum absolute atomic E-state index is 12.7.